The number of quaternary nitrogens is 1. The van der Waals surface area contributed by atoms with Crippen molar-refractivity contribution in [3.8, 4) is 0 Å². The molecule has 0 saturated carbocycles. The fourth-order valence-electron chi connectivity index (χ4n) is 2.61. The minimum Gasteiger partial charge on any atom is -0.345 e. The van der Waals surface area contributed by atoms with Crippen LogP contribution in [-0.2, 0) is 11.2 Å². The van der Waals surface area contributed by atoms with Crippen molar-refractivity contribution >= 4 is 17.5 Å². The highest BCUT2D eigenvalue weighted by Gasteiger charge is 2.14. The predicted octanol–water partition coefficient (Wildman–Crippen LogP) is 3.40. The molecule has 2 rings (SSSR count). The molecule has 0 radical (unpaired) electrons. The molecular weight excluding hydrogens is 320 g/mol. The number of benzene rings is 2. The summed E-state index contributed by atoms with van der Waals surface area (Å²) in [5.74, 6) is 0.0443. The number of rotatable bonds is 7. The fourth-order valence-corrected chi connectivity index (χ4v) is 2.74. The maximum atomic E-state index is 12.2. The molecule has 0 aromatic heterocycles. The quantitative estimate of drug-likeness (QED) is 0.793. The van der Waals surface area contributed by atoms with Gasteiger partial charge in [0.2, 0.25) is 0 Å². The molecule has 0 unspecified atom stereocenters. The summed E-state index contributed by atoms with van der Waals surface area (Å²) < 4.78 is 0. The van der Waals surface area contributed by atoms with Gasteiger partial charge < -0.3 is 10.6 Å². The van der Waals surface area contributed by atoms with E-state index in [0.29, 0.717) is 6.54 Å². The van der Waals surface area contributed by atoms with Gasteiger partial charge in [0, 0.05) is 10.6 Å². The van der Waals surface area contributed by atoms with Crippen LogP contribution in [0.4, 0.5) is 0 Å². The van der Waals surface area contributed by atoms with Gasteiger partial charge in [0.25, 0.3) is 5.91 Å². The number of aryl methyl sites for hydroxylation is 1. The molecule has 0 aliphatic heterocycles. The monoisotopic (exact) mass is 345 g/mol. The highest BCUT2D eigenvalue weighted by molar-refractivity contribution is 6.30. The summed E-state index contributed by atoms with van der Waals surface area (Å²) in [6.07, 6.45) is 1.03. The van der Waals surface area contributed by atoms with Gasteiger partial charge in [-0.3, -0.25) is 4.79 Å². The van der Waals surface area contributed by atoms with Crippen molar-refractivity contribution in [1.29, 1.82) is 0 Å². The Labute approximate surface area is 149 Å². The molecule has 0 spiro atoms. The Morgan fingerprint density at radius 3 is 2.21 bits per heavy atom. The molecule has 0 heterocycles. The average molecular weight is 346 g/mol. The summed E-state index contributed by atoms with van der Waals surface area (Å²) in [5.41, 5.74) is 3.60. The first-order chi connectivity index (χ1) is 11.5. The Kier molecular flexibility index (Phi) is 6.83. The van der Waals surface area contributed by atoms with Crippen molar-refractivity contribution in [3.63, 3.8) is 0 Å². The van der Waals surface area contributed by atoms with Crippen LogP contribution < -0.4 is 10.6 Å². The topological polar surface area (TPSA) is 45.7 Å². The Bertz CT molecular complexity index is 652. The highest BCUT2D eigenvalue weighted by Crippen LogP contribution is 2.14. The lowest BCUT2D eigenvalue weighted by molar-refractivity contribution is -0.682. The Hall–Kier alpha value is -1.84. The van der Waals surface area contributed by atoms with Gasteiger partial charge in [-0.2, -0.15) is 0 Å². The van der Waals surface area contributed by atoms with Gasteiger partial charge in [-0.1, -0.05) is 54.9 Å². The van der Waals surface area contributed by atoms with Crippen molar-refractivity contribution < 1.29 is 10.1 Å². The van der Waals surface area contributed by atoms with E-state index in [9.17, 15) is 4.79 Å². The third-order valence-electron chi connectivity index (χ3n) is 4.32. The van der Waals surface area contributed by atoms with Crippen molar-refractivity contribution in [3.05, 3.63) is 70.2 Å². The van der Waals surface area contributed by atoms with E-state index < -0.39 is 0 Å². The van der Waals surface area contributed by atoms with Gasteiger partial charge in [-0.25, -0.2) is 0 Å². The lowest BCUT2D eigenvalue weighted by Gasteiger charge is -2.16. The number of amides is 1. The van der Waals surface area contributed by atoms with Crippen LogP contribution in [0.1, 0.15) is 49.5 Å². The van der Waals surface area contributed by atoms with Crippen molar-refractivity contribution in [1.82, 2.24) is 5.32 Å². The number of nitrogens with one attached hydrogen (secondary N) is 1. The second-order valence-corrected chi connectivity index (χ2v) is 6.60. The molecule has 128 valence electrons. The zero-order valence-electron chi connectivity index (χ0n) is 14.6. The van der Waals surface area contributed by atoms with Crippen LogP contribution in [-0.4, -0.2) is 12.5 Å². The van der Waals surface area contributed by atoms with E-state index >= 15 is 0 Å². The molecule has 3 N–H and O–H groups in total. The number of carbonyl (C=O) groups is 1. The number of hydrogen-bond donors (Lipinski definition) is 2. The standard InChI is InChI=1S/C20H25ClN2O/c1-4-16-5-7-18(8-6-16)15(3)23-20(24)13-22-14(2)17-9-11-19(21)12-10-17/h5-12,14-15,22H,4,13H2,1-3H3,(H,23,24)/p+1/t14-,15+/m1/s1. The third kappa shape index (κ3) is 5.36. The largest absolute Gasteiger partial charge is 0.345 e. The molecule has 2 aromatic rings. The zero-order valence-corrected chi connectivity index (χ0v) is 15.3. The molecule has 0 saturated heterocycles. The predicted molar refractivity (Wildman–Crippen MR) is 99.0 cm³/mol. The second-order valence-electron chi connectivity index (χ2n) is 6.16. The fraction of sp³-hybridized carbons (Fsp3) is 0.350. The molecule has 2 atom stereocenters. The molecule has 0 fully saturated rings. The van der Waals surface area contributed by atoms with E-state index in [1.54, 1.807) is 0 Å². The molecule has 4 heteroatoms. The normalized spacial score (nSPS) is 13.3. The molecule has 24 heavy (non-hydrogen) atoms. The van der Waals surface area contributed by atoms with E-state index in [-0.39, 0.29) is 18.0 Å². The summed E-state index contributed by atoms with van der Waals surface area (Å²) in [6.45, 7) is 6.64. The van der Waals surface area contributed by atoms with Crippen LogP contribution in [0.3, 0.4) is 0 Å². The maximum absolute atomic E-state index is 12.2. The van der Waals surface area contributed by atoms with Crippen LogP contribution in [0, 0.1) is 0 Å². The Morgan fingerprint density at radius 2 is 1.62 bits per heavy atom. The number of hydrogen-bond acceptors (Lipinski definition) is 1. The van der Waals surface area contributed by atoms with E-state index in [0.717, 1.165) is 22.6 Å². The van der Waals surface area contributed by atoms with Gasteiger partial charge in [0.15, 0.2) is 6.54 Å². The lowest BCUT2D eigenvalue weighted by atomic mass is 10.0. The van der Waals surface area contributed by atoms with Crippen LogP contribution in [0.25, 0.3) is 0 Å². The first kappa shape index (κ1) is 18.5. The van der Waals surface area contributed by atoms with Crippen LogP contribution in [0.5, 0.6) is 0 Å². The number of halogens is 1. The van der Waals surface area contributed by atoms with Gasteiger partial charge in [0.1, 0.15) is 6.04 Å². The van der Waals surface area contributed by atoms with Crippen LogP contribution in [0.2, 0.25) is 5.02 Å². The first-order valence-electron chi connectivity index (χ1n) is 8.46. The molecule has 3 nitrogen and oxygen atoms in total. The van der Waals surface area contributed by atoms with E-state index in [1.165, 1.54) is 5.56 Å². The molecule has 1 amide bonds. The van der Waals surface area contributed by atoms with Gasteiger partial charge >= 0.3 is 0 Å². The minimum atomic E-state index is 0.0163. The summed E-state index contributed by atoms with van der Waals surface area (Å²) >= 11 is 5.90. The summed E-state index contributed by atoms with van der Waals surface area (Å²) in [5, 5.41) is 5.82. The Morgan fingerprint density at radius 1 is 1.04 bits per heavy atom. The van der Waals surface area contributed by atoms with Gasteiger partial charge in [-0.15, -0.1) is 0 Å². The van der Waals surface area contributed by atoms with E-state index in [2.05, 4.69) is 43.4 Å². The Balaban J connectivity index is 1.82. The van der Waals surface area contributed by atoms with Gasteiger partial charge in [0.05, 0.1) is 6.04 Å². The summed E-state index contributed by atoms with van der Waals surface area (Å²) in [4.78, 5) is 12.2. The third-order valence-corrected chi connectivity index (χ3v) is 4.57. The van der Waals surface area contributed by atoms with Crippen molar-refractivity contribution in [2.75, 3.05) is 6.54 Å². The summed E-state index contributed by atoms with van der Waals surface area (Å²) in [7, 11) is 0. The summed E-state index contributed by atoms with van der Waals surface area (Å²) in [6, 6.07) is 16.4. The molecular formula is C20H26ClN2O+. The van der Waals surface area contributed by atoms with E-state index in [1.807, 2.05) is 36.5 Å². The molecule has 0 bridgehead atoms. The minimum absolute atomic E-state index is 0.0163. The highest BCUT2D eigenvalue weighted by atomic mass is 35.5. The first-order valence-corrected chi connectivity index (χ1v) is 8.84. The smallest absolute Gasteiger partial charge is 0.275 e. The van der Waals surface area contributed by atoms with Crippen LogP contribution in [0.15, 0.2) is 48.5 Å². The van der Waals surface area contributed by atoms with Crippen LogP contribution >= 0.6 is 11.6 Å². The van der Waals surface area contributed by atoms with Gasteiger partial charge in [-0.05, 0) is 43.5 Å². The molecule has 2 aromatic carbocycles. The second kappa shape index (κ2) is 8.86. The van der Waals surface area contributed by atoms with E-state index in [4.69, 9.17) is 11.6 Å². The lowest BCUT2D eigenvalue weighted by Crippen LogP contribution is -2.87. The number of nitrogens with two attached hydrogens (primary N) is 1. The maximum Gasteiger partial charge on any atom is 0.275 e. The number of carbonyl (C=O) groups excluding carboxylic acids is 1. The van der Waals surface area contributed by atoms with Crippen molar-refractivity contribution in [2.24, 2.45) is 0 Å². The molecule has 0 aliphatic rings. The van der Waals surface area contributed by atoms with Crippen molar-refractivity contribution in [2.45, 2.75) is 39.3 Å². The average Bonchev–Trinajstić information content (AvgIpc) is 2.60. The SMILES string of the molecule is CCc1ccc([C@H](C)NC(=O)C[NH2+][C@H](C)c2ccc(Cl)cc2)cc1. The zero-order chi connectivity index (χ0) is 17.5. The molecule has 0 aliphatic carbocycles.